The highest BCUT2D eigenvalue weighted by atomic mass is 16.6. The molecule has 0 bridgehead atoms. The van der Waals surface area contributed by atoms with Gasteiger partial charge in [-0.2, -0.15) is 4.98 Å². The molecule has 2 rings (SSSR count). The van der Waals surface area contributed by atoms with E-state index in [2.05, 4.69) is 4.98 Å². The molecule has 0 amide bonds. The molecule has 0 spiro atoms. The Morgan fingerprint density at radius 2 is 2.05 bits per heavy atom. The fourth-order valence-electron chi connectivity index (χ4n) is 2.32. The van der Waals surface area contributed by atoms with Crippen LogP contribution in [0.4, 0.5) is 5.82 Å². The molecule has 1 aromatic heterocycles. The molecule has 8 heteroatoms. The Balaban J connectivity index is 2.54. The molecule has 20 heavy (non-hydrogen) atoms. The molecule has 5 N–H and O–H groups in total. The Kier molecular flexibility index (Phi) is 3.59. The summed E-state index contributed by atoms with van der Waals surface area (Å²) in [7, 11) is 0. The fourth-order valence-corrected chi connectivity index (χ4v) is 2.32. The number of aromatic nitrogens is 2. The minimum Gasteiger partial charge on any atom is -0.393 e. The van der Waals surface area contributed by atoms with Gasteiger partial charge in [-0.25, -0.2) is 4.79 Å². The van der Waals surface area contributed by atoms with Crippen LogP contribution in [0.5, 0.6) is 0 Å². The van der Waals surface area contributed by atoms with Crippen LogP contribution in [0.15, 0.2) is 4.79 Å². The highest BCUT2D eigenvalue weighted by Gasteiger charge is 2.52. The van der Waals surface area contributed by atoms with Crippen molar-refractivity contribution >= 4 is 5.82 Å². The minimum atomic E-state index is -1.35. The molecule has 0 radical (unpaired) electrons. The van der Waals surface area contributed by atoms with Crippen LogP contribution in [0.3, 0.4) is 0 Å². The Morgan fingerprint density at radius 1 is 1.45 bits per heavy atom. The van der Waals surface area contributed by atoms with Gasteiger partial charge in [-0.05, 0) is 20.8 Å². The third-order valence-corrected chi connectivity index (χ3v) is 3.91. The molecule has 1 aliphatic rings. The van der Waals surface area contributed by atoms with Crippen LogP contribution in [0.25, 0.3) is 0 Å². The van der Waals surface area contributed by atoms with Gasteiger partial charge < -0.3 is 25.8 Å². The van der Waals surface area contributed by atoms with Crippen molar-refractivity contribution < 1.29 is 20.1 Å². The van der Waals surface area contributed by atoms with E-state index in [0.29, 0.717) is 11.3 Å². The van der Waals surface area contributed by atoms with E-state index in [-0.39, 0.29) is 5.82 Å². The van der Waals surface area contributed by atoms with Gasteiger partial charge in [0.2, 0.25) is 0 Å². The second-order valence-corrected chi connectivity index (χ2v) is 5.27. The predicted octanol–water partition coefficient (Wildman–Crippen LogP) is -1.56. The maximum absolute atomic E-state index is 12.0. The zero-order chi connectivity index (χ0) is 15.2. The lowest BCUT2D eigenvalue weighted by molar-refractivity contribution is -0.118. The van der Waals surface area contributed by atoms with E-state index in [1.165, 1.54) is 6.92 Å². The first-order chi connectivity index (χ1) is 9.23. The van der Waals surface area contributed by atoms with Crippen LogP contribution in [0, 0.1) is 13.8 Å². The van der Waals surface area contributed by atoms with Gasteiger partial charge in [0.15, 0.2) is 6.23 Å². The smallest absolute Gasteiger partial charge is 0.351 e. The molecule has 2 heterocycles. The Hall–Kier alpha value is -1.48. The minimum absolute atomic E-state index is 0.113. The van der Waals surface area contributed by atoms with Gasteiger partial charge in [0.1, 0.15) is 23.6 Å². The SMILES string of the molecule is Cc1c(N)nc(=O)n([C@@H]2O[C@](C)(CO)[C@@H](O)[C@H]2O)c1C. The van der Waals surface area contributed by atoms with E-state index in [1.807, 2.05) is 0 Å². The van der Waals surface area contributed by atoms with Gasteiger partial charge in [-0.3, -0.25) is 4.57 Å². The van der Waals surface area contributed by atoms with Crippen LogP contribution in [-0.2, 0) is 4.74 Å². The number of ether oxygens (including phenoxy) is 1. The monoisotopic (exact) mass is 285 g/mol. The van der Waals surface area contributed by atoms with E-state index < -0.39 is 36.3 Å². The van der Waals surface area contributed by atoms with E-state index in [1.54, 1.807) is 13.8 Å². The zero-order valence-corrected chi connectivity index (χ0v) is 11.6. The largest absolute Gasteiger partial charge is 0.393 e. The molecule has 0 aromatic carbocycles. The predicted molar refractivity (Wildman–Crippen MR) is 70.0 cm³/mol. The van der Waals surface area contributed by atoms with Crippen molar-refractivity contribution in [1.82, 2.24) is 9.55 Å². The first-order valence-electron chi connectivity index (χ1n) is 6.23. The molecule has 1 fully saturated rings. The summed E-state index contributed by atoms with van der Waals surface area (Å²) >= 11 is 0. The number of nitrogens with two attached hydrogens (primary N) is 1. The summed E-state index contributed by atoms with van der Waals surface area (Å²) in [6, 6.07) is 0. The maximum atomic E-state index is 12.0. The number of hydrogen-bond donors (Lipinski definition) is 4. The number of hydrogen-bond acceptors (Lipinski definition) is 7. The van der Waals surface area contributed by atoms with E-state index in [0.717, 1.165) is 4.57 Å². The number of nitrogens with zero attached hydrogens (tertiary/aromatic N) is 2. The van der Waals surface area contributed by atoms with E-state index in [4.69, 9.17) is 10.5 Å². The van der Waals surface area contributed by atoms with Crippen molar-refractivity contribution in [2.75, 3.05) is 12.3 Å². The molecule has 0 aliphatic carbocycles. The number of rotatable bonds is 2. The summed E-state index contributed by atoms with van der Waals surface area (Å²) in [5.74, 6) is 0.113. The average Bonchev–Trinajstić information content (AvgIpc) is 2.62. The van der Waals surface area contributed by atoms with Crippen LogP contribution in [-0.4, -0.2) is 49.3 Å². The summed E-state index contributed by atoms with van der Waals surface area (Å²) in [6.45, 7) is 4.30. The van der Waals surface area contributed by atoms with Crippen molar-refractivity contribution in [3.05, 3.63) is 21.7 Å². The highest BCUT2D eigenvalue weighted by molar-refractivity contribution is 5.40. The molecule has 1 saturated heterocycles. The van der Waals surface area contributed by atoms with Gasteiger partial charge in [0.05, 0.1) is 6.61 Å². The molecule has 8 nitrogen and oxygen atoms in total. The van der Waals surface area contributed by atoms with Gasteiger partial charge in [0, 0.05) is 11.3 Å². The summed E-state index contributed by atoms with van der Waals surface area (Å²) in [5, 5.41) is 29.3. The Morgan fingerprint density at radius 3 is 2.55 bits per heavy atom. The lowest BCUT2D eigenvalue weighted by Crippen LogP contribution is -2.43. The van der Waals surface area contributed by atoms with Gasteiger partial charge in [-0.15, -0.1) is 0 Å². The van der Waals surface area contributed by atoms with Gasteiger partial charge in [0.25, 0.3) is 0 Å². The molecule has 1 aliphatic heterocycles. The Labute approximate surface area is 115 Å². The number of nitrogen functional groups attached to an aromatic ring is 1. The number of aliphatic hydroxyl groups is 3. The van der Waals surface area contributed by atoms with Crippen molar-refractivity contribution in [3.63, 3.8) is 0 Å². The first kappa shape index (κ1) is 14.9. The molecule has 1 aromatic rings. The van der Waals surface area contributed by atoms with Crippen LogP contribution < -0.4 is 11.4 Å². The standard InChI is InChI=1S/C12H19N3O5/c1-5-6(2)15(11(19)14-9(5)13)10-7(17)8(18)12(3,4-16)20-10/h7-8,10,16-18H,4H2,1-3H3,(H2,13,14,19)/t7-,8+,10-,12-/m1/s1. The molecule has 0 saturated carbocycles. The van der Waals surface area contributed by atoms with Gasteiger partial charge >= 0.3 is 5.69 Å². The van der Waals surface area contributed by atoms with Crippen molar-refractivity contribution in [2.45, 2.75) is 44.8 Å². The average molecular weight is 285 g/mol. The number of aliphatic hydroxyl groups excluding tert-OH is 3. The van der Waals surface area contributed by atoms with Crippen molar-refractivity contribution in [1.29, 1.82) is 0 Å². The third kappa shape index (κ3) is 2.01. The quantitative estimate of drug-likeness (QED) is 0.517. The van der Waals surface area contributed by atoms with Crippen LogP contribution in [0.2, 0.25) is 0 Å². The van der Waals surface area contributed by atoms with E-state index in [9.17, 15) is 20.1 Å². The lowest BCUT2D eigenvalue weighted by atomic mass is 9.98. The zero-order valence-electron chi connectivity index (χ0n) is 11.6. The van der Waals surface area contributed by atoms with Crippen LogP contribution >= 0.6 is 0 Å². The molecule has 4 atom stereocenters. The summed E-state index contributed by atoms with van der Waals surface area (Å²) in [5.41, 5.74) is 4.67. The molecular formula is C12H19N3O5. The summed E-state index contributed by atoms with van der Waals surface area (Å²) in [6.07, 6.45) is -3.79. The van der Waals surface area contributed by atoms with Crippen molar-refractivity contribution in [2.24, 2.45) is 0 Å². The van der Waals surface area contributed by atoms with Crippen molar-refractivity contribution in [3.8, 4) is 0 Å². The van der Waals surface area contributed by atoms with Gasteiger partial charge in [-0.1, -0.05) is 0 Å². The third-order valence-electron chi connectivity index (χ3n) is 3.91. The second-order valence-electron chi connectivity index (χ2n) is 5.27. The lowest BCUT2D eigenvalue weighted by Gasteiger charge is -2.25. The number of anilines is 1. The highest BCUT2D eigenvalue weighted by Crippen LogP contribution is 2.36. The summed E-state index contributed by atoms with van der Waals surface area (Å²) in [4.78, 5) is 15.6. The fraction of sp³-hybridized carbons (Fsp3) is 0.667. The molecule has 0 unspecified atom stereocenters. The van der Waals surface area contributed by atoms with E-state index >= 15 is 0 Å². The van der Waals surface area contributed by atoms with Crippen LogP contribution in [0.1, 0.15) is 24.4 Å². The maximum Gasteiger partial charge on any atom is 0.351 e. The summed E-state index contributed by atoms with van der Waals surface area (Å²) < 4.78 is 6.64. The molecular weight excluding hydrogens is 266 g/mol. The topological polar surface area (TPSA) is 131 Å². The molecule has 112 valence electrons. The Bertz CT molecular complexity index is 587. The normalized spacial score (nSPS) is 33.6. The second kappa shape index (κ2) is 4.81. The first-order valence-corrected chi connectivity index (χ1v) is 6.23.